The SMILES string of the molecule is CC(O)c1ccccc1C(=O)CN. The van der Waals surface area contributed by atoms with Crippen LogP contribution in [0.25, 0.3) is 0 Å². The van der Waals surface area contributed by atoms with Crippen LogP contribution in [-0.2, 0) is 0 Å². The van der Waals surface area contributed by atoms with Crippen LogP contribution >= 0.6 is 0 Å². The van der Waals surface area contributed by atoms with E-state index in [1.807, 2.05) is 0 Å². The molecule has 0 bridgehead atoms. The predicted molar refractivity (Wildman–Crippen MR) is 50.5 cm³/mol. The number of rotatable bonds is 3. The van der Waals surface area contributed by atoms with E-state index in [9.17, 15) is 9.90 Å². The zero-order valence-corrected chi connectivity index (χ0v) is 7.53. The molecule has 0 aromatic heterocycles. The summed E-state index contributed by atoms with van der Waals surface area (Å²) < 4.78 is 0. The molecule has 1 unspecified atom stereocenters. The number of nitrogens with two attached hydrogens (primary N) is 1. The molecule has 0 saturated carbocycles. The van der Waals surface area contributed by atoms with E-state index in [1.54, 1.807) is 31.2 Å². The fourth-order valence-electron chi connectivity index (χ4n) is 1.23. The second-order valence-corrected chi connectivity index (χ2v) is 2.89. The van der Waals surface area contributed by atoms with Crippen molar-refractivity contribution in [2.24, 2.45) is 5.73 Å². The first-order chi connectivity index (χ1) is 6.16. The van der Waals surface area contributed by atoms with Crippen LogP contribution in [-0.4, -0.2) is 17.4 Å². The first kappa shape index (κ1) is 9.89. The van der Waals surface area contributed by atoms with Crippen molar-refractivity contribution >= 4 is 5.78 Å². The Morgan fingerprint density at radius 3 is 2.69 bits per heavy atom. The van der Waals surface area contributed by atoms with Gasteiger partial charge in [0, 0.05) is 5.56 Å². The van der Waals surface area contributed by atoms with E-state index in [1.165, 1.54) is 0 Å². The lowest BCUT2D eigenvalue weighted by Crippen LogP contribution is -2.16. The molecule has 1 aromatic carbocycles. The van der Waals surface area contributed by atoms with E-state index >= 15 is 0 Å². The van der Waals surface area contributed by atoms with Crippen LogP contribution in [0.2, 0.25) is 0 Å². The van der Waals surface area contributed by atoms with Gasteiger partial charge in [-0.25, -0.2) is 0 Å². The summed E-state index contributed by atoms with van der Waals surface area (Å²) in [6, 6.07) is 6.95. The number of ketones is 1. The third kappa shape index (κ3) is 2.14. The van der Waals surface area contributed by atoms with Gasteiger partial charge in [-0.3, -0.25) is 4.79 Å². The second-order valence-electron chi connectivity index (χ2n) is 2.89. The van der Waals surface area contributed by atoms with Crippen LogP contribution in [0.5, 0.6) is 0 Å². The summed E-state index contributed by atoms with van der Waals surface area (Å²) in [5.74, 6) is -0.142. The average molecular weight is 179 g/mol. The highest BCUT2D eigenvalue weighted by Gasteiger charge is 2.11. The quantitative estimate of drug-likeness (QED) is 0.677. The molecule has 0 heterocycles. The van der Waals surface area contributed by atoms with Crippen molar-refractivity contribution in [1.82, 2.24) is 0 Å². The first-order valence-corrected chi connectivity index (χ1v) is 4.17. The number of Topliss-reactive ketones (excluding diaryl/α,β-unsaturated/α-hetero) is 1. The summed E-state index contributed by atoms with van der Waals surface area (Å²) in [5.41, 5.74) is 6.39. The molecule has 0 aliphatic carbocycles. The summed E-state index contributed by atoms with van der Waals surface area (Å²) in [4.78, 5) is 11.3. The van der Waals surface area contributed by atoms with Crippen molar-refractivity contribution in [2.75, 3.05) is 6.54 Å². The fourth-order valence-corrected chi connectivity index (χ4v) is 1.23. The molecular formula is C10H13NO2. The minimum atomic E-state index is -0.633. The summed E-state index contributed by atoms with van der Waals surface area (Å²) in [5, 5.41) is 9.36. The van der Waals surface area contributed by atoms with Crippen LogP contribution in [0, 0.1) is 0 Å². The van der Waals surface area contributed by atoms with Crippen molar-refractivity contribution in [3.8, 4) is 0 Å². The molecule has 70 valence electrons. The lowest BCUT2D eigenvalue weighted by molar-refractivity contribution is 0.0995. The molecule has 0 radical (unpaired) electrons. The fraction of sp³-hybridized carbons (Fsp3) is 0.300. The van der Waals surface area contributed by atoms with Crippen LogP contribution in [0.1, 0.15) is 28.9 Å². The molecule has 1 rings (SSSR count). The van der Waals surface area contributed by atoms with Crippen molar-refractivity contribution in [3.63, 3.8) is 0 Å². The van der Waals surface area contributed by atoms with Crippen LogP contribution in [0.4, 0.5) is 0 Å². The largest absolute Gasteiger partial charge is 0.389 e. The molecule has 3 nitrogen and oxygen atoms in total. The van der Waals surface area contributed by atoms with E-state index in [-0.39, 0.29) is 12.3 Å². The zero-order chi connectivity index (χ0) is 9.84. The van der Waals surface area contributed by atoms with Gasteiger partial charge in [0.25, 0.3) is 0 Å². The average Bonchev–Trinajstić information content (AvgIpc) is 2.16. The van der Waals surface area contributed by atoms with Gasteiger partial charge in [0.05, 0.1) is 12.6 Å². The highest BCUT2D eigenvalue weighted by Crippen LogP contribution is 2.17. The number of carbonyl (C=O) groups excluding carboxylic acids is 1. The molecule has 1 atom stereocenters. The molecule has 0 aliphatic heterocycles. The van der Waals surface area contributed by atoms with E-state index < -0.39 is 6.10 Å². The second kappa shape index (κ2) is 4.16. The standard InChI is InChI=1S/C10H13NO2/c1-7(12)8-4-2-3-5-9(8)10(13)6-11/h2-5,7,12H,6,11H2,1H3. The number of hydrogen-bond acceptors (Lipinski definition) is 3. The summed E-state index contributed by atoms with van der Waals surface area (Å²) in [7, 11) is 0. The Morgan fingerprint density at radius 2 is 2.15 bits per heavy atom. The van der Waals surface area contributed by atoms with E-state index in [4.69, 9.17) is 5.73 Å². The molecular weight excluding hydrogens is 166 g/mol. The maximum Gasteiger partial charge on any atom is 0.176 e. The van der Waals surface area contributed by atoms with Gasteiger partial charge in [-0.05, 0) is 12.5 Å². The molecule has 3 heteroatoms. The lowest BCUT2D eigenvalue weighted by atomic mass is 10.00. The minimum Gasteiger partial charge on any atom is -0.389 e. The Bertz CT molecular complexity index is 308. The molecule has 3 N–H and O–H groups in total. The molecule has 13 heavy (non-hydrogen) atoms. The zero-order valence-electron chi connectivity index (χ0n) is 7.53. The number of hydrogen-bond donors (Lipinski definition) is 2. The number of carbonyl (C=O) groups is 1. The number of aliphatic hydroxyl groups excluding tert-OH is 1. The first-order valence-electron chi connectivity index (χ1n) is 4.17. The normalized spacial score (nSPS) is 12.5. The van der Waals surface area contributed by atoms with Gasteiger partial charge in [0.2, 0.25) is 0 Å². The third-order valence-electron chi connectivity index (χ3n) is 1.90. The predicted octanol–water partition coefficient (Wildman–Crippen LogP) is 0.881. The Morgan fingerprint density at radius 1 is 1.54 bits per heavy atom. The van der Waals surface area contributed by atoms with Gasteiger partial charge in [0.1, 0.15) is 0 Å². The summed E-state index contributed by atoms with van der Waals surface area (Å²) >= 11 is 0. The van der Waals surface area contributed by atoms with E-state index in [0.717, 1.165) is 0 Å². The van der Waals surface area contributed by atoms with Gasteiger partial charge in [-0.1, -0.05) is 24.3 Å². The maximum absolute atomic E-state index is 11.3. The van der Waals surface area contributed by atoms with Crippen molar-refractivity contribution in [3.05, 3.63) is 35.4 Å². The highest BCUT2D eigenvalue weighted by atomic mass is 16.3. The van der Waals surface area contributed by atoms with Crippen LogP contribution in [0.3, 0.4) is 0 Å². The van der Waals surface area contributed by atoms with Crippen LogP contribution in [0.15, 0.2) is 24.3 Å². The summed E-state index contributed by atoms with van der Waals surface area (Å²) in [6.45, 7) is 1.60. The van der Waals surface area contributed by atoms with Crippen LogP contribution < -0.4 is 5.73 Å². The van der Waals surface area contributed by atoms with Gasteiger partial charge in [-0.15, -0.1) is 0 Å². The van der Waals surface area contributed by atoms with Crippen molar-refractivity contribution in [2.45, 2.75) is 13.0 Å². The van der Waals surface area contributed by atoms with Gasteiger partial charge < -0.3 is 10.8 Å². The number of aliphatic hydroxyl groups is 1. The van der Waals surface area contributed by atoms with Gasteiger partial charge in [-0.2, -0.15) is 0 Å². The Kier molecular flexibility index (Phi) is 3.17. The number of benzene rings is 1. The molecule has 0 saturated heterocycles. The Balaban J connectivity index is 3.12. The van der Waals surface area contributed by atoms with Crippen molar-refractivity contribution < 1.29 is 9.90 Å². The monoisotopic (exact) mass is 179 g/mol. The smallest absolute Gasteiger partial charge is 0.176 e. The molecule has 0 aliphatic rings. The van der Waals surface area contributed by atoms with E-state index in [2.05, 4.69) is 0 Å². The van der Waals surface area contributed by atoms with Gasteiger partial charge >= 0.3 is 0 Å². The molecule has 1 aromatic rings. The molecule has 0 fully saturated rings. The minimum absolute atomic E-state index is 0.0241. The summed E-state index contributed by atoms with van der Waals surface area (Å²) in [6.07, 6.45) is -0.633. The Labute approximate surface area is 77.2 Å². The van der Waals surface area contributed by atoms with E-state index in [0.29, 0.717) is 11.1 Å². The van der Waals surface area contributed by atoms with Gasteiger partial charge in [0.15, 0.2) is 5.78 Å². The van der Waals surface area contributed by atoms with Crippen molar-refractivity contribution in [1.29, 1.82) is 0 Å². The molecule has 0 amide bonds. The third-order valence-corrected chi connectivity index (χ3v) is 1.90. The maximum atomic E-state index is 11.3. The highest BCUT2D eigenvalue weighted by molar-refractivity contribution is 5.98. The molecule has 0 spiro atoms. The lowest BCUT2D eigenvalue weighted by Gasteiger charge is -2.09. The topological polar surface area (TPSA) is 63.3 Å². The Hall–Kier alpha value is -1.19.